The van der Waals surface area contributed by atoms with Crippen LogP contribution in [0.15, 0.2) is 18.2 Å². The molecule has 1 atom stereocenters. The number of benzene rings is 1. The predicted octanol–water partition coefficient (Wildman–Crippen LogP) is 5.87. The van der Waals surface area contributed by atoms with Crippen molar-refractivity contribution in [3.05, 3.63) is 33.8 Å². The van der Waals surface area contributed by atoms with E-state index in [0.717, 1.165) is 0 Å². The van der Waals surface area contributed by atoms with Crippen molar-refractivity contribution >= 4 is 29.0 Å². The van der Waals surface area contributed by atoms with E-state index >= 15 is 0 Å². The smallest absolute Gasteiger partial charge is 0.166 e. The molecule has 2 aliphatic carbocycles. The summed E-state index contributed by atoms with van der Waals surface area (Å²) < 4.78 is 14.5. The van der Waals surface area contributed by atoms with Crippen LogP contribution in [0.5, 0.6) is 0 Å². The molecule has 4 heteroatoms. The molecule has 3 rings (SSSR count). The second kappa shape index (κ2) is 5.24. The lowest BCUT2D eigenvalue weighted by Gasteiger charge is -2.43. The minimum atomic E-state index is -1.06. The van der Waals surface area contributed by atoms with Crippen LogP contribution in [0, 0.1) is 11.3 Å². The first-order valence-electron chi connectivity index (χ1n) is 7.49. The van der Waals surface area contributed by atoms with Gasteiger partial charge in [-0.3, -0.25) is 4.79 Å². The summed E-state index contributed by atoms with van der Waals surface area (Å²) in [4.78, 5) is 12.3. The Balaban J connectivity index is 1.59. The minimum Gasteiger partial charge on any atom is -0.294 e. The lowest BCUT2D eigenvalue weighted by atomic mass is 9.65. The van der Waals surface area contributed by atoms with E-state index in [9.17, 15) is 9.18 Å². The van der Waals surface area contributed by atoms with Crippen molar-refractivity contribution in [1.82, 2.24) is 0 Å². The lowest BCUT2D eigenvalue weighted by molar-refractivity contribution is -0.0264. The summed E-state index contributed by atoms with van der Waals surface area (Å²) in [5.74, 6) is -0.0897. The number of carbonyl (C=O) groups excluding carboxylic acids is 1. The molecule has 1 aromatic rings. The van der Waals surface area contributed by atoms with Gasteiger partial charge >= 0.3 is 0 Å². The molecule has 0 amide bonds. The Hall–Kier alpha value is -0.600. The molecule has 0 bridgehead atoms. The monoisotopic (exact) mass is 328 g/mol. The molecule has 1 spiro atoms. The summed E-state index contributed by atoms with van der Waals surface area (Å²) in [7, 11) is 0. The maximum absolute atomic E-state index is 14.5. The highest BCUT2D eigenvalue weighted by atomic mass is 35.5. The van der Waals surface area contributed by atoms with Crippen LogP contribution in [0.1, 0.15) is 55.8 Å². The molecule has 2 fully saturated rings. The SMILES string of the molecule is CC(CC(=O)c1c(Cl)cccc1Cl)CC1(F)CC2(CC2)C1. The number of hydrogen-bond acceptors (Lipinski definition) is 1. The summed E-state index contributed by atoms with van der Waals surface area (Å²) in [6.07, 6.45) is 4.49. The third-order valence-electron chi connectivity index (χ3n) is 4.83. The lowest BCUT2D eigenvalue weighted by Crippen LogP contribution is -2.42. The van der Waals surface area contributed by atoms with Gasteiger partial charge < -0.3 is 0 Å². The fraction of sp³-hybridized carbons (Fsp3) is 0.588. The first kappa shape index (κ1) is 15.3. The highest BCUT2D eigenvalue weighted by Gasteiger charge is 2.61. The van der Waals surface area contributed by atoms with Gasteiger partial charge in [-0.25, -0.2) is 4.39 Å². The van der Waals surface area contributed by atoms with Gasteiger partial charge in [0.05, 0.1) is 15.6 Å². The molecule has 0 aliphatic heterocycles. The van der Waals surface area contributed by atoms with Gasteiger partial charge in [-0.2, -0.15) is 0 Å². The van der Waals surface area contributed by atoms with Crippen LogP contribution < -0.4 is 0 Å². The highest BCUT2D eigenvalue weighted by Crippen LogP contribution is 2.67. The molecule has 21 heavy (non-hydrogen) atoms. The van der Waals surface area contributed by atoms with E-state index in [2.05, 4.69) is 0 Å². The molecule has 0 heterocycles. The van der Waals surface area contributed by atoms with Gasteiger partial charge in [0, 0.05) is 6.42 Å². The fourth-order valence-electron chi connectivity index (χ4n) is 3.85. The number of ketones is 1. The molecule has 0 radical (unpaired) electrons. The zero-order valence-corrected chi connectivity index (χ0v) is 13.6. The molecular weight excluding hydrogens is 310 g/mol. The number of halogens is 3. The molecule has 1 nitrogen and oxygen atoms in total. The van der Waals surface area contributed by atoms with E-state index in [1.165, 1.54) is 12.8 Å². The number of Topliss-reactive ketones (excluding diaryl/α,β-unsaturated/α-hetero) is 1. The molecule has 0 aromatic heterocycles. The van der Waals surface area contributed by atoms with Crippen LogP contribution in [-0.4, -0.2) is 11.5 Å². The molecule has 1 aromatic carbocycles. The van der Waals surface area contributed by atoms with Gasteiger partial charge in [-0.1, -0.05) is 36.2 Å². The van der Waals surface area contributed by atoms with Crippen molar-refractivity contribution in [2.45, 2.75) is 51.1 Å². The second-order valence-corrected chi connectivity index (χ2v) is 7.85. The summed E-state index contributed by atoms with van der Waals surface area (Å²) in [6.45, 7) is 1.93. The molecule has 0 saturated heterocycles. The number of rotatable bonds is 5. The Bertz CT molecular complexity index is 552. The van der Waals surface area contributed by atoms with Crippen molar-refractivity contribution in [1.29, 1.82) is 0 Å². The predicted molar refractivity (Wildman–Crippen MR) is 83.9 cm³/mol. The Labute approximate surface area is 134 Å². The summed E-state index contributed by atoms with van der Waals surface area (Å²) in [5, 5.41) is 0.741. The standard InChI is InChI=1S/C17H19Cl2FO/c1-11(8-17(20)9-16(10-17)5-6-16)7-14(21)15-12(18)3-2-4-13(15)19/h2-4,11H,5-10H2,1H3. The Kier molecular flexibility index (Phi) is 3.82. The van der Waals surface area contributed by atoms with Gasteiger partial charge in [0.2, 0.25) is 0 Å². The second-order valence-electron chi connectivity index (χ2n) is 7.04. The van der Waals surface area contributed by atoms with Gasteiger partial charge in [-0.15, -0.1) is 0 Å². The molecule has 0 N–H and O–H groups in total. The molecule has 2 saturated carbocycles. The van der Waals surface area contributed by atoms with Gasteiger partial charge in [0.1, 0.15) is 5.67 Å². The summed E-state index contributed by atoms with van der Waals surface area (Å²) in [6, 6.07) is 5.03. The van der Waals surface area contributed by atoms with Crippen molar-refractivity contribution < 1.29 is 9.18 Å². The number of hydrogen-bond donors (Lipinski definition) is 0. The third kappa shape index (κ3) is 3.12. The third-order valence-corrected chi connectivity index (χ3v) is 5.46. The van der Waals surface area contributed by atoms with E-state index in [-0.39, 0.29) is 11.7 Å². The van der Waals surface area contributed by atoms with Crippen molar-refractivity contribution in [2.75, 3.05) is 0 Å². The maximum atomic E-state index is 14.5. The van der Waals surface area contributed by atoms with E-state index < -0.39 is 5.67 Å². The Morgan fingerprint density at radius 3 is 2.38 bits per heavy atom. The van der Waals surface area contributed by atoms with Crippen molar-refractivity contribution in [2.24, 2.45) is 11.3 Å². The Morgan fingerprint density at radius 2 is 1.86 bits per heavy atom. The average Bonchev–Trinajstić information content (AvgIpc) is 3.07. The average molecular weight is 329 g/mol. The van der Waals surface area contributed by atoms with Crippen LogP contribution in [0.25, 0.3) is 0 Å². The highest BCUT2D eigenvalue weighted by molar-refractivity contribution is 6.39. The van der Waals surface area contributed by atoms with Crippen LogP contribution in [-0.2, 0) is 0 Å². The van der Waals surface area contributed by atoms with Gasteiger partial charge in [-0.05, 0) is 55.6 Å². The molecular formula is C17H19Cl2FO. The van der Waals surface area contributed by atoms with Crippen molar-refractivity contribution in [3.8, 4) is 0 Å². The van der Waals surface area contributed by atoms with Crippen LogP contribution in [0.3, 0.4) is 0 Å². The van der Waals surface area contributed by atoms with Gasteiger partial charge in [0.15, 0.2) is 5.78 Å². The summed E-state index contributed by atoms with van der Waals surface area (Å²) in [5.41, 5.74) is -0.349. The van der Waals surface area contributed by atoms with E-state index in [4.69, 9.17) is 23.2 Å². The van der Waals surface area contributed by atoms with Crippen LogP contribution >= 0.6 is 23.2 Å². The zero-order chi connectivity index (χ0) is 15.3. The number of alkyl halides is 1. The fourth-order valence-corrected chi connectivity index (χ4v) is 4.45. The topological polar surface area (TPSA) is 17.1 Å². The molecule has 2 aliphatic rings. The largest absolute Gasteiger partial charge is 0.294 e. The molecule has 1 unspecified atom stereocenters. The van der Waals surface area contributed by atoms with Crippen LogP contribution in [0.2, 0.25) is 10.0 Å². The van der Waals surface area contributed by atoms with Gasteiger partial charge in [0.25, 0.3) is 0 Å². The first-order valence-corrected chi connectivity index (χ1v) is 8.24. The van der Waals surface area contributed by atoms with Crippen molar-refractivity contribution in [3.63, 3.8) is 0 Å². The van der Waals surface area contributed by atoms with E-state index in [0.29, 0.717) is 46.7 Å². The number of carbonyl (C=O) groups is 1. The quantitative estimate of drug-likeness (QED) is 0.617. The molecule has 114 valence electrons. The Morgan fingerprint density at radius 1 is 1.29 bits per heavy atom. The maximum Gasteiger partial charge on any atom is 0.166 e. The van der Waals surface area contributed by atoms with Crippen LogP contribution in [0.4, 0.5) is 4.39 Å². The normalized spacial score (nSPS) is 22.7. The minimum absolute atomic E-state index is 0.00550. The van der Waals surface area contributed by atoms with E-state index in [1.54, 1.807) is 18.2 Å². The zero-order valence-electron chi connectivity index (χ0n) is 12.1. The summed E-state index contributed by atoms with van der Waals surface area (Å²) >= 11 is 12.1. The first-order chi connectivity index (χ1) is 9.83. The van der Waals surface area contributed by atoms with E-state index in [1.807, 2.05) is 6.92 Å².